The van der Waals surface area contributed by atoms with Crippen molar-refractivity contribution in [1.82, 2.24) is 15.0 Å². The summed E-state index contributed by atoms with van der Waals surface area (Å²) in [5.41, 5.74) is 3.73. The van der Waals surface area contributed by atoms with Crippen LogP contribution in [0.15, 0.2) is 28.8 Å². The summed E-state index contributed by atoms with van der Waals surface area (Å²) >= 11 is 1.54. The standard InChI is InChI=1S/C27H32N4O4S/c1-3-34-27(33)23-20-9-4-5-10-21(20)36-26(23)29-25(32)18-11-13-31(14-12-18)16-22-28-24(30-35-22)19-8-6-7-17(2)15-19/h6-8,15,18H,3-5,9-14,16H2,1-2H3,(H,29,32). The number of likely N-dealkylation sites (tertiary alicyclic amines) is 1. The van der Waals surface area contributed by atoms with E-state index in [0.717, 1.165) is 68.3 Å². The molecule has 5 rings (SSSR count). The average molecular weight is 509 g/mol. The Bertz CT molecular complexity index is 1240. The number of piperidine rings is 1. The zero-order chi connectivity index (χ0) is 25.1. The first-order chi connectivity index (χ1) is 17.5. The number of esters is 1. The van der Waals surface area contributed by atoms with Crippen LogP contribution in [0.25, 0.3) is 11.4 Å². The van der Waals surface area contributed by atoms with Crippen LogP contribution in [0.3, 0.4) is 0 Å². The van der Waals surface area contributed by atoms with E-state index in [0.29, 0.717) is 35.4 Å². The highest BCUT2D eigenvalue weighted by Crippen LogP contribution is 2.39. The van der Waals surface area contributed by atoms with Gasteiger partial charge in [-0.1, -0.05) is 28.9 Å². The fraction of sp³-hybridized carbons (Fsp3) is 0.481. The Balaban J connectivity index is 1.18. The van der Waals surface area contributed by atoms with E-state index < -0.39 is 0 Å². The normalized spacial score (nSPS) is 16.5. The number of carbonyl (C=O) groups excluding carboxylic acids is 2. The number of benzene rings is 1. The first-order valence-electron chi connectivity index (χ1n) is 12.8. The average Bonchev–Trinajstić information content (AvgIpc) is 3.49. The Morgan fingerprint density at radius 1 is 1.22 bits per heavy atom. The van der Waals surface area contributed by atoms with Crippen LogP contribution in [0.1, 0.15) is 64.9 Å². The number of amides is 1. The maximum atomic E-state index is 13.1. The summed E-state index contributed by atoms with van der Waals surface area (Å²) in [7, 11) is 0. The minimum absolute atomic E-state index is 0.0154. The van der Waals surface area contributed by atoms with Crippen molar-refractivity contribution in [3.8, 4) is 11.4 Å². The largest absolute Gasteiger partial charge is 0.462 e. The number of thiophene rings is 1. The molecule has 1 amide bonds. The second-order valence-electron chi connectivity index (χ2n) is 9.56. The molecule has 0 atom stereocenters. The van der Waals surface area contributed by atoms with Crippen molar-refractivity contribution in [2.45, 2.75) is 58.9 Å². The monoisotopic (exact) mass is 508 g/mol. The van der Waals surface area contributed by atoms with Gasteiger partial charge in [-0.2, -0.15) is 4.98 Å². The fourth-order valence-electron chi connectivity index (χ4n) is 5.05. The van der Waals surface area contributed by atoms with Crippen molar-refractivity contribution in [1.29, 1.82) is 0 Å². The lowest BCUT2D eigenvalue weighted by molar-refractivity contribution is -0.121. The van der Waals surface area contributed by atoms with Gasteiger partial charge in [0.25, 0.3) is 0 Å². The van der Waals surface area contributed by atoms with Crippen molar-refractivity contribution in [3.63, 3.8) is 0 Å². The highest BCUT2D eigenvalue weighted by molar-refractivity contribution is 7.17. The van der Waals surface area contributed by atoms with Crippen LogP contribution in [-0.2, 0) is 28.9 Å². The third kappa shape index (κ3) is 5.37. The maximum absolute atomic E-state index is 13.1. The summed E-state index contributed by atoms with van der Waals surface area (Å²) < 4.78 is 10.8. The molecule has 1 saturated heterocycles. The lowest BCUT2D eigenvalue weighted by Gasteiger charge is -2.30. The highest BCUT2D eigenvalue weighted by Gasteiger charge is 2.30. The number of hydrogen-bond donors (Lipinski definition) is 1. The molecule has 1 aromatic carbocycles. The van der Waals surface area contributed by atoms with Crippen molar-refractivity contribution >= 4 is 28.2 Å². The van der Waals surface area contributed by atoms with E-state index in [2.05, 4.69) is 20.4 Å². The number of carbonyl (C=O) groups is 2. The van der Waals surface area contributed by atoms with Crippen molar-refractivity contribution in [3.05, 3.63) is 51.7 Å². The molecule has 2 aliphatic rings. The molecule has 8 nitrogen and oxygen atoms in total. The molecule has 1 aliphatic heterocycles. The van der Waals surface area contributed by atoms with Crippen LogP contribution in [0.5, 0.6) is 0 Å². The third-order valence-corrected chi connectivity index (χ3v) is 8.16. The molecule has 1 fully saturated rings. The second kappa shape index (κ2) is 10.9. The van der Waals surface area contributed by atoms with Crippen LogP contribution >= 0.6 is 11.3 Å². The van der Waals surface area contributed by atoms with Gasteiger partial charge in [0.1, 0.15) is 5.00 Å². The zero-order valence-corrected chi connectivity index (χ0v) is 21.7. The first kappa shape index (κ1) is 24.6. The van der Waals surface area contributed by atoms with E-state index in [-0.39, 0.29) is 17.8 Å². The maximum Gasteiger partial charge on any atom is 0.341 e. The summed E-state index contributed by atoms with van der Waals surface area (Å²) in [6.45, 7) is 6.27. The van der Waals surface area contributed by atoms with Crippen LogP contribution in [-0.4, -0.2) is 46.6 Å². The minimum Gasteiger partial charge on any atom is -0.462 e. The van der Waals surface area contributed by atoms with Crippen molar-refractivity contribution in [2.24, 2.45) is 5.92 Å². The van der Waals surface area contributed by atoms with E-state index in [1.165, 1.54) is 4.88 Å². The number of nitrogens with zero attached hydrogens (tertiary/aromatic N) is 3. The molecule has 0 radical (unpaired) electrons. The first-order valence-corrected chi connectivity index (χ1v) is 13.6. The summed E-state index contributed by atoms with van der Waals surface area (Å²) in [6, 6.07) is 8.03. The van der Waals surface area contributed by atoms with Gasteiger partial charge in [0, 0.05) is 16.4 Å². The number of ether oxygens (including phenoxy) is 1. The number of rotatable bonds is 7. The van der Waals surface area contributed by atoms with Crippen molar-refractivity contribution < 1.29 is 18.8 Å². The van der Waals surface area contributed by atoms with Gasteiger partial charge in [0.15, 0.2) is 0 Å². The Labute approximate surface area is 215 Å². The highest BCUT2D eigenvalue weighted by atomic mass is 32.1. The third-order valence-electron chi connectivity index (χ3n) is 6.95. The molecule has 190 valence electrons. The number of aromatic nitrogens is 2. The number of fused-ring (bicyclic) bond motifs is 1. The molecule has 0 saturated carbocycles. The molecular formula is C27H32N4O4S. The molecule has 36 heavy (non-hydrogen) atoms. The number of hydrogen-bond acceptors (Lipinski definition) is 8. The second-order valence-corrected chi connectivity index (χ2v) is 10.7. The summed E-state index contributed by atoms with van der Waals surface area (Å²) in [5, 5.41) is 7.87. The molecule has 0 unspecified atom stereocenters. The Morgan fingerprint density at radius 3 is 2.81 bits per heavy atom. The van der Waals surface area contributed by atoms with Gasteiger partial charge < -0.3 is 14.6 Å². The van der Waals surface area contributed by atoms with E-state index in [4.69, 9.17) is 9.26 Å². The van der Waals surface area contributed by atoms with Crippen molar-refractivity contribution in [2.75, 3.05) is 25.0 Å². The minimum atomic E-state index is -0.327. The molecule has 9 heteroatoms. The quantitative estimate of drug-likeness (QED) is 0.448. The summed E-state index contributed by atoms with van der Waals surface area (Å²) in [6.07, 6.45) is 5.50. The molecule has 1 N–H and O–H groups in total. The lowest BCUT2D eigenvalue weighted by Crippen LogP contribution is -2.37. The Kier molecular flexibility index (Phi) is 7.48. The fourth-order valence-corrected chi connectivity index (χ4v) is 6.33. The Hall–Kier alpha value is -3.04. The van der Waals surface area contributed by atoms with E-state index in [1.54, 1.807) is 18.3 Å². The van der Waals surface area contributed by atoms with Gasteiger partial charge in [-0.15, -0.1) is 11.3 Å². The van der Waals surface area contributed by atoms with Gasteiger partial charge in [0.2, 0.25) is 17.6 Å². The molecular weight excluding hydrogens is 476 g/mol. The molecule has 0 bridgehead atoms. The Morgan fingerprint density at radius 2 is 2.03 bits per heavy atom. The van der Waals surface area contributed by atoms with Gasteiger partial charge in [-0.05, 0) is 77.1 Å². The number of aryl methyl sites for hydroxylation is 2. The van der Waals surface area contributed by atoms with Gasteiger partial charge in [0.05, 0.1) is 18.7 Å². The van der Waals surface area contributed by atoms with Gasteiger partial charge in [-0.3, -0.25) is 9.69 Å². The molecule has 2 aromatic heterocycles. The molecule has 0 spiro atoms. The smallest absolute Gasteiger partial charge is 0.341 e. The van der Waals surface area contributed by atoms with Gasteiger partial charge >= 0.3 is 5.97 Å². The topological polar surface area (TPSA) is 97.6 Å². The van der Waals surface area contributed by atoms with E-state index in [1.807, 2.05) is 31.2 Å². The summed E-state index contributed by atoms with van der Waals surface area (Å²) in [5.74, 6) is 0.738. The number of anilines is 1. The van der Waals surface area contributed by atoms with Crippen LogP contribution < -0.4 is 5.32 Å². The number of nitrogens with one attached hydrogen (secondary N) is 1. The summed E-state index contributed by atoms with van der Waals surface area (Å²) in [4.78, 5) is 33.8. The van der Waals surface area contributed by atoms with Crippen LogP contribution in [0.4, 0.5) is 5.00 Å². The predicted molar refractivity (Wildman–Crippen MR) is 138 cm³/mol. The van der Waals surface area contributed by atoms with Crippen LogP contribution in [0, 0.1) is 12.8 Å². The van der Waals surface area contributed by atoms with E-state index in [9.17, 15) is 9.59 Å². The zero-order valence-electron chi connectivity index (χ0n) is 20.8. The van der Waals surface area contributed by atoms with E-state index >= 15 is 0 Å². The molecule has 3 heterocycles. The lowest BCUT2D eigenvalue weighted by atomic mass is 9.94. The molecule has 1 aliphatic carbocycles. The van der Waals surface area contributed by atoms with Crippen LogP contribution in [0.2, 0.25) is 0 Å². The SMILES string of the molecule is CCOC(=O)c1c(NC(=O)C2CCN(Cc3nc(-c4cccc(C)c4)no3)CC2)sc2c1CCCC2. The predicted octanol–water partition coefficient (Wildman–Crippen LogP) is 5.01. The van der Waals surface area contributed by atoms with Gasteiger partial charge in [-0.25, -0.2) is 4.79 Å². The molecule has 3 aromatic rings.